The Balaban J connectivity index is 2.90. The molecule has 1 N–H and O–H groups in total. The first kappa shape index (κ1) is 6.70. The zero-order chi connectivity index (χ0) is 7.02. The number of imide groups is 1. The third-order valence-corrected chi connectivity index (χ3v) is 2.05. The lowest BCUT2D eigenvalue weighted by Gasteiger charge is -1.89. The van der Waals surface area contributed by atoms with Gasteiger partial charge < -0.3 is 0 Å². The first-order valence-electron chi connectivity index (χ1n) is 2.20. The molecule has 0 aliphatic carbocycles. The number of rotatable bonds is 0. The van der Waals surface area contributed by atoms with Crippen LogP contribution >= 0.6 is 24.8 Å². The van der Waals surface area contributed by atoms with E-state index in [0.717, 1.165) is 0 Å². The van der Waals surface area contributed by atoms with Gasteiger partial charge in [0.15, 0.2) is 0 Å². The smallest absolute Gasteiger partial charge is 0.266 e. The van der Waals surface area contributed by atoms with Crippen LogP contribution in [0.25, 0.3) is 0 Å². The fourth-order valence-electron chi connectivity index (χ4n) is 0.485. The minimum absolute atomic E-state index is 0.0586. The Labute approximate surface area is 62.2 Å². The summed E-state index contributed by atoms with van der Waals surface area (Å²) < 4.78 is 0. The highest BCUT2D eigenvalue weighted by molar-refractivity contribution is 7.89. The zero-order valence-electron chi connectivity index (χ0n) is 4.25. The average molecular weight is 161 g/mol. The molecular weight excluding hydrogens is 158 g/mol. The predicted molar refractivity (Wildman–Crippen MR) is 38.5 cm³/mol. The monoisotopic (exact) mass is 161 g/mol. The van der Waals surface area contributed by atoms with E-state index in [1.807, 2.05) is 5.32 Å². The van der Waals surface area contributed by atoms with E-state index < -0.39 is 17.1 Å². The SMILES string of the molecule is O=C1NC(=O)C(S)C1=S. The summed E-state index contributed by atoms with van der Waals surface area (Å²) in [4.78, 5) is 21.0. The van der Waals surface area contributed by atoms with Crippen LogP contribution in [0.2, 0.25) is 0 Å². The van der Waals surface area contributed by atoms with E-state index >= 15 is 0 Å². The van der Waals surface area contributed by atoms with Crippen molar-refractivity contribution >= 4 is 41.5 Å². The van der Waals surface area contributed by atoms with E-state index in [-0.39, 0.29) is 4.86 Å². The van der Waals surface area contributed by atoms with Crippen LogP contribution in [-0.4, -0.2) is 21.9 Å². The van der Waals surface area contributed by atoms with Crippen molar-refractivity contribution in [3.8, 4) is 0 Å². The van der Waals surface area contributed by atoms with Crippen molar-refractivity contribution in [1.29, 1.82) is 0 Å². The maximum Gasteiger partial charge on any atom is 0.266 e. The Morgan fingerprint density at radius 1 is 1.56 bits per heavy atom. The van der Waals surface area contributed by atoms with E-state index in [0.29, 0.717) is 0 Å². The average Bonchev–Trinajstić information content (AvgIpc) is 1.98. The summed E-state index contributed by atoms with van der Waals surface area (Å²) in [5.74, 6) is -0.914. The number of thiol groups is 1. The summed E-state index contributed by atoms with van der Waals surface area (Å²) >= 11 is 8.30. The van der Waals surface area contributed by atoms with Crippen molar-refractivity contribution in [1.82, 2.24) is 5.32 Å². The van der Waals surface area contributed by atoms with Crippen LogP contribution < -0.4 is 5.32 Å². The molecule has 48 valence electrons. The van der Waals surface area contributed by atoms with Crippen LogP contribution in [0.4, 0.5) is 0 Å². The molecule has 0 saturated carbocycles. The molecule has 0 aromatic heterocycles. The van der Waals surface area contributed by atoms with Gasteiger partial charge in [0.25, 0.3) is 5.91 Å². The molecule has 0 radical (unpaired) electrons. The third kappa shape index (κ3) is 0.972. The van der Waals surface area contributed by atoms with Gasteiger partial charge in [-0.2, -0.15) is 12.6 Å². The minimum Gasteiger partial charge on any atom is -0.291 e. The quantitative estimate of drug-likeness (QED) is 0.281. The number of hydrogen-bond donors (Lipinski definition) is 2. The highest BCUT2D eigenvalue weighted by atomic mass is 32.1. The molecule has 1 atom stereocenters. The molecule has 1 aliphatic rings. The number of amides is 2. The van der Waals surface area contributed by atoms with Gasteiger partial charge in [0.1, 0.15) is 10.1 Å². The number of hydrogen-bond acceptors (Lipinski definition) is 4. The first-order valence-corrected chi connectivity index (χ1v) is 3.12. The van der Waals surface area contributed by atoms with Gasteiger partial charge in [-0.25, -0.2) is 0 Å². The summed E-state index contributed by atoms with van der Waals surface area (Å²) in [5.41, 5.74) is 0. The van der Waals surface area contributed by atoms with E-state index in [2.05, 4.69) is 24.8 Å². The fraction of sp³-hybridized carbons (Fsp3) is 0.250. The zero-order valence-corrected chi connectivity index (χ0v) is 5.96. The molecule has 1 rings (SSSR count). The van der Waals surface area contributed by atoms with Gasteiger partial charge in [-0.15, -0.1) is 0 Å². The summed E-state index contributed by atoms with van der Waals surface area (Å²) in [6.07, 6.45) is 0. The molecular formula is C4H3NO2S2. The van der Waals surface area contributed by atoms with Gasteiger partial charge in [0.2, 0.25) is 5.91 Å². The lowest BCUT2D eigenvalue weighted by atomic mass is 10.3. The summed E-state index contributed by atoms with van der Waals surface area (Å²) in [6, 6.07) is 0. The van der Waals surface area contributed by atoms with Crippen molar-refractivity contribution in [3.63, 3.8) is 0 Å². The van der Waals surface area contributed by atoms with Crippen LogP contribution in [0.5, 0.6) is 0 Å². The highest BCUT2D eigenvalue weighted by Gasteiger charge is 2.33. The molecule has 5 heteroatoms. The Kier molecular flexibility index (Phi) is 1.54. The molecule has 1 aliphatic heterocycles. The summed E-state index contributed by atoms with van der Waals surface area (Å²) in [7, 11) is 0. The summed E-state index contributed by atoms with van der Waals surface area (Å²) in [5, 5.41) is 1.31. The lowest BCUT2D eigenvalue weighted by Crippen LogP contribution is -2.22. The second-order valence-corrected chi connectivity index (χ2v) is 2.54. The van der Waals surface area contributed by atoms with Crippen molar-refractivity contribution in [2.24, 2.45) is 0 Å². The van der Waals surface area contributed by atoms with Gasteiger partial charge in [0.05, 0.1) is 0 Å². The largest absolute Gasteiger partial charge is 0.291 e. The molecule has 0 spiro atoms. The number of carbonyl (C=O) groups is 2. The molecule has 0 bridgehead atoms. The molecule has 9 heavy (non-hydrogen) atoms. The van der Waals surface area contributed by atoms with Crippen LogP contribution in [0.3, 0.4) is 0 Å². The van der Waals surface area contributed by atoms with Crippen molar-refractivity contribution in [2.75, 3.05) is 0 Å². The topological polar surface area (TPSA) is 46.2 Å². The second kappa shape index (κ2) is 2.07. The maximum atomic E-state index is 10.5. The Bertz CT molecular complexity index is 201. The Hall–Kier alpha value is -0.420. The standard InChI is InChI=1S/C4H3NO2S2/c6-3-1(8)2(9)4(7)5-3/h1,8H,(H,5,6,7). The minimum atomic E-state index is -0.715. The normalized spacial score (nSPS) is 26.8. The predicted octanol–water partition coefficient (Wildman–Crippen LogP) is -0.689. The first-order chi connectivity index (χ1) is 4.13. The highest BCUT2D eigenvalue weighted by Crippen LogP contribution is 2.05. The van der Waals surface area contributed by atoms with Crippen LogP contribution in [0, 0.1) is 0 Å². The molecule has 1 fully saturated rings. The molecule has 0 aromatic rings. The molecule has 2 amide bonds. The molecule has 0 aromatic carbocycles. The van der Waals surface area contributed by atoms with Crippen molar-refractivity contribution in [3.05, 3.63) is 0 Å². The second-order valence-electron chi connectivity index (χ2n) is 1.59. The molecule has 3 nitrogen and oxygen atoms in total. The maximum absolute atomic E-state index is 10.5. The van der Waals surface area contributed by atoms with Crippen LogP contribution in [0.15, 0.2) is 0 Å². The van der Waals surface area contributed by atoms with Crippen molar-refractivity contribution < 1.29 is 9.59 Å². The van der Waals surface area contributed by atoms with E-state index in [9.17, 15) is 9.59 Å². The molecule has 1 unspecified atom stereocenters. The van der Waals surface area contributed by atoms with Gasteiger partial charge in [-0.1, -0.05) is 12.2 Å². The van der Waals surface area contributed by atoms with E-state index in [1.54, 1.807) is 0 Å². The fourth-order valence-corrected chi connectivity index (χ4v) is 0.825. The van der Waals surface area contributed by atoms with E-state index in [4.69, 9.17) is 0 Å². The Morgan fingerprint density at radius 3 is 2.22 bits per heavy atom. The van der Waals surface area contributed by atoms with Crippen molar-refractivity contribution in [2.45, 2.75) is 5.25 Å². The molecule has 1 saturated heterocycles. The van der Waals surface area contributed by atoms with Gasteiger partial charge in [-0.05, 0) is 0 Å². The molecule has 1 heterocycles. The van der Waals surface area contributed by atoms with Crippen LogP contribution in [0.1, 0.15) is 0 Å². The number of carbonyl (C=O) groups excluding carboxylic acids is 2. The lowest BCUT2D eigenvalue weighted by molar-refractivity contribution is -0.123. The third-order valence-electron chi connectivity index (χ3n) is 0.957. The van der Waals surface area contributed by atoms with Gasteiger partial charge in [0, 0.05) is 0 Å². The number of nitrogens with one attached hydrogen (secondary N) is 1. The van der Waals surface area contributed by atoms with E-state index in [1.165, 1.54) is 0 Å². The Morgan fingerprint density at radius 2 is 2.11 bits per heavy atom. The summed E-state index contributed by atoms with van der Waals surface area (Å²) in [6.45, 7) is 0. The van der Waals surface area contributed by atoms with Gasteiger partial charge >= 0.3 is 0 Å². The van der Waals surface area contributed by atoms with Gasteiger partial charge in [-0.3, -0.25) is 14.9 Å². The van der Waals surface area contributed by atoms with Crippen LogP contribution in [-0.2, 0) is 9.59 Å². The number of thiocarbonyl (C=S) groups is 1.